The molecular weight excluding hydrogens is 533 g/mol. The van der Waals surface area contributed by atoms with Crippen molar-refractivity contribution in [1.29, 1.82) is 0 Å². The Labute approximate surface area is 233 Å². The van der Waals surface area contributed by atoms with Gasteiger partial charge in [-0.25, -0.2) is 19.6 Å². The van der Waals surface area contributed by atoms with Gasteiger partial charge in [0.15, 0.2) is 0 Å². The zero-order valence-corrected chi connectivity index (χ0v) is 23.4. The molecule has 7 unspecified atom stereocenters. The number of hydrogen-bond acceptors (Lipinski definition) is 6. The maximum atomic E-state index is 14.4. The molecule has 6 rings (SSSR count). The number of halogens is 5. The molecule has 40 heavy (non-hydrogen) atoms. The number of piperidine rings is 1. The molecule has 228 valence electrons. The molecule has 0 bridgehead atoms. The number of likely N-dealkylation sites (tertiary alicyclic amines) is 2. The van der Waals surface area contributed by atoms with Gasteiger partial charge in [-0.05, 0) is 69.7 Å². The van der Waals surface area contributed by atoms with E-state index >= 15 is 0 Å². The molecule has 0 spiro atoms. The van der Waals surface area contributed by atoms with Crippen LogP contribution in [0.2, 0.25) is 0 Å². The minimum atomic E-state index is -4.39. The van der Waals surface area contributed by atoms with Gasteiger partial charge in [-0.15, -0.1) is 0 Å². The molecule has 7 nitrogen and oxygen atoms in total. The number of carbonyl (C=O) groups is 1. The first-order chi connectivity index (χ1) is 19.0. The van der Waals surface area contributed by atoms with E-state index in [4.69, 9.17) is 4.74 Å². The van der Waals surface area contributed by atoms with Crippen molar-refractivity contribution in [2.75, 3.05) is 53.1 Å². The van der Waals surface area contributed by atoms with E-state index in [1.54, 1.807) is 4.90 Å². The zero-order chi connectivity index (χ0) is 28.2. The molecule has 12 heteroatoms. The van der Waals surface area contributed by atoms with Gasteiger partial charge in [0.2, 0.25) is 5.91 Å². The highest BCUT2D eigenvalue weighted by molar-refractivity contribution is 5.82. The van der Waals surface area contributed by atoms with E-state index in [2.05, 4.69) is 22.8 Å². The number of ether oxygens (including phenoxy) is 1. The Balaban J connectivity index is 1.14. The molecule has 0 radical (unpaired) electrons. The number of nitrogens with zero attached hydrogens (tertiary/aromatic N) is 3. The monoisotopic (exact) mass is 577 g/mol. The normalized spacial score (nSPS) is 43.1. The second-order valence-corrected chi connectivity index (χ2v) is 13.7. The number of hydrazine groups is 1. The highest BCUT2D eigenvalue weighted by Crippen LogP contribution is 2.53. The molecule has 0 aromatic carbocycles. The Morgan fingerprint density at radius 1 is 1.05 bits per heavy atom. The number of fused-ring (bicyclic) bond motifs is 1. The van der Waals surface area contributed by atoms with Crippen molar-refractivity contribution < 1.29 is 31.5 Å². The first-order valence-corrected chi connectivity index (χ1v) is 15.2. The predicted octanol–water partition coefficient (Wildman–Crippen LogP) is 3.32. The summed E-state index contributed by atoms with van der Waals surface area (Å²) in [5, 5.41) is 0. The Kier molecular flexibility index (Phi) is 8.13. The van der Waals surface area contributed by atoms with E-state index < -0.39 is 36.3 Å². The molecule has 2 saturated carbocycles. The Morgan fingerprint density at radius 2 is 1.85 bits per heavy atom. The van der Waals surface area contributed by atoms with Crippen molar-refractivity contribution in [3.05, 3.63) is 0 Å². The molecule has 6 fully saturated rings. The molecule has 1 amide bonds. The van der Waals surface area contributed by atoms with E-state index in [1.807, 2.05) is 4.90 Å². The summed E-state index contributed by atoms with van der Waals surface area (Å²) >= 11 is 0. The number of alkyl halides is 5. The lowest BCUT2D eigenvalue weighted by atomic mass is 9.64. The van der Waals surface area contributed by atoms with Crippen LogP contribution in [0.25, 0.3) is 0 Å². The van der Waals surface area contributed by atoms with Gasteiger partial charge in [0.1, 0.15) is 12.3 Å². The van der Waals surface area contributed by atoms with Crippen molar-refractivity contribution in [1.82, 2.24) is 25.6 Å². The van der Waals surface area contributed by atoms with Gasteiger partial charge in [-0.3, -0.25) is 14.6 Å². The van der Waals surface area contributed by atoms with Crippen molar-refractivity contribution in [2.45, 2.75) is 82.1 Å². The fourth-order valence-electron chi connectivity index (χ4n) is 8.83. The summed E-state index contributed by atoms with van der Waals surface area (Å²) in [5.74, 6) is -3.01. The number of carbonyl (C=O) groups excluding carboxylic acids is 1. The zero-order valence-electron chi connectivity index (χ0n) is 23.4. The Hall–Kier alpha value is -1.08. The molecule has 4 saturated heterocycles. The minimum Gasteiger partial charge on any atom is -0.380 e. The highest BCUT2D eigenvalue weighted by atomic mass is 19.4. The third-order valence-electron chi connectivity index (χ3n) is 11.2. The lowest BCUT2D eigenvalue weighted by Crippen LogP contribution is -2.56. The second-order valence-electron chi connectivity index (χ2n) is 13.7. The van der Waals surface area contributed by atoms with Crippen LogP contribution in [0.5, 0.6) is 0 Å². The highest BCUT2D eigenvalue weighted by Gasteiger charge is 2.58. The summed E-state index contributed by atoms with van der Waals surface area (Å²) in [6.07, 6.45) is -2.27. The van der Waals surface area contributed by atoms with Crippen LogP contribution >= 0.6 is 0 Å². The lowest BCUT2D eigenvalue weighted by molar-refractivity contribution is -0.204. The number of rotatable bonds is 6. The van der Waals surface area contributed by atoms with Gasteiger partial charge < -0.3 is 9.64 Å². The van der Waals surface area contributed by atoms with Crippen LogP contribution in [0.3, 0.4) is 0 Å². The molecule has 0 aromatic rings. The molecule has 9 atom stereocenters. The van der Waals surface area contributed by atoms with Crippen LogP contribution in [0, 0.1) is 35.0 Å². The van der Waals surface area contributed by atoms with Crippen LogP contribution in [-0.4, -0.2) is 104 Å². The van der Waals surface area contributed by atoms with Gasteiger partial charge in [0.05, 0.1) is 32.0 Å². The maximum absolute atomic E-state index is 14.4. The number of nitrogens with one attached hydrogen (secondary N) is 2. The van der Waals surface area contributed by atoms with E-state index in [1.165, 1.54) is 0 Å². The predicted molar refractivity (Wildman–Crippen MR) is 138 cm³/mol. The van der Waals surface area contributed by atoms with Crippen LogP contribution in [-0.2, 0) is 9.53 Å². The van der Waals surface area contributed by atoms with E-state index in [-0.39, 0.29) is 55.4 Å². The van der Waals surface area contributed by atoms with E-state index in [0.29, 0.717) is 38.6 Å². The Morgan fingerprint density at radius 3 is 2.50 bits per heavy atom. The molecule has 2 N–H and O–H groups in total. The van der Waals surface area contributed by atoms with Gasteiger partial charge in [0, 0.05) is 43.6 Å². The third-order valence-corrected chi connectivity index (χ3v) is 11.2. The Bertz CT molecular complexity index is 922. The van der Waals surface area contributed by atoms with Gasteiger partial charge in [-0.1, -0.05) is 6.42 Å². The fourth-order valence-corrected chi connectivity index (χ4v) is 8.83. The molecule has 0 aromatic heterocycles. The fraction of sp³-hybridized carbons (Fsp3) is 0.964. The number of hydrogen-bond donors (Lipinski definition) is 2. The van der Waals surface area contributed by atoms with Gasteiger partial charge in [-0.2, -0.15) is 13.2 Å². The van der Waals surface area contributed by atoms with Crippen LogP contribution in [0.4, 0.5) is 22.0 Å². The number of amides is 1. The molecular formula is C28H44F5N5O2. The summed E-state index contributed by atoms with van der Waals surface area (Å²) in [6, 6.07) is -0.0371. The molecule has 6 aliphatic rings. The van der Waals surface area contributed by atoms with Crippen molar-refractivity contribution in [3.8, 4) is 0 Å². The van der Waals surface area contributed by atoms with Crippen molar-refractivity contribution in [2.24, 2.45) is 35.0 Å². The second kappa shape index (κ2) is 11.2. The summed E-state index contributed by atoms with van der Waals surface area (Å²) in [7, 11) is 2.07. The summed E-state index contributed by atoms with van der Waals surface area (Å²) in [6.45, 7) is 2.88. The lowest BCUT2D eigenvalue weighted by Gasteiger charge is -2.52. The van der Waals surface area contributed by atoms with Crippen molar-refractivity contribution >= 4 is 5.91 Å². The first-order valence-electron chi connectivity index (χ1n) is 15.2. The van der Waals surface area contributed by atoms with Crippen molar-refractivity contribution in [3.63, 3.8) is 0 Å². The largest absolute Gasteiger partial charge is 0.392 e. The molecule has 2 aliphatic carbocycles. The average Bonchev–Trinajstić information content (AvgIpc) is 3.45. The smallest absolute Gasteiger partial charge is 0.380 e. The quantitative estimate of drug-likeness (QED) is 0.473. The topological polar surface area (TPSA) is 60.1 Å². The van der Waals surface area contributed by atoms with Crippen LogP contribution in [0.15, 0.2) is 0 Å². The van der Waals surface area contributed by atoms with Gasteiger partial charge in [0.25, 0.3) is 0 Å². The van der Waals surface area contributed by atoms with Gasteiger partial charge >= 0.3 is 6.18 Å². The van der Waals surface area contributed by atoms with E-state index in [0.717, 1.165) is 38.8 Å². The summed E-state index contributed by atoms with van der Waals surface area (Å²) < 4.78 is 76.4. The SMILES string of the molecule is CN1CNNC1CC1(C2CCCC(N3CC4C(CC(CN5CC[C@@H](F)[C@@H](F)C5)CC4C(F)(F)F)C3=O)C2)COC1. The molecule has 4 aliphatic heterocycles. The maximum Gasteiger partial charge on any atom is 0.392 e. The molecule has 4 heterocycles. The standard InChI is InChI=1S/C28H44F5N5O2/c1-36-16-34-35-25(36)10-27(14-40-15-27)18-3-2-4-19(9-18)38-12-21-20(26(38)39)7-17(8-22(21)28(31,32)33)11-37-6-5-23(29)24(30)13-37/h17-25,34-35H,2-16H2,1H3/t17?,18?,19?,20?,21?,22?,23-,24+,25?/m1/s1. The summed E-state index contributed by atoms with van der Waals surface area (Å²) in [5.41, 5.74) is 6.55. The minimum absolute atomic E-state index is 0.0209. The van der Waals surface area contributed by atoms with Crippen LogP contribution < -0.4 is 10.9 Å². The van der Waals surface area contributed by atoms with E-state index in [9.17, 15) is 26.7 Å². The first kappa shape index (κ1) is 29.0. The van der Waals surface area contributed by atoms with Crippen LogP contribution in [0.1, 0.15) is 51.4 Å². The average molecular weight is 578 g/mol. The summed E-state index contributed by atoms with van der Waals surface area (Å²) in [4.78, 5) is 19.6. The third kappa shape index (κ3) is 5.52.